The van der Waals surface area contributed by atoms with Gasteiger partial charge >= 0.3 is 0 Å². The van der Waals surface area contributed by atoms with Crippen LogP contribution in [0.1, 0.15) is 27.0 Å². The van der Waals surface area contributed by atoms with Crippen LogP contribution in [-0.2, 0) is 6.42 Å². The van der Waals surface area contributed by atoms with Gasteiger partial charge in [-0.05, 0) is 61.2 Å². The molecule has 0 aromatic heterocycles. The molecule has 20 heavy (non-hydrogen) atoms. The molecule has 0 atom stereocenters. The van der Waals surface area contributed by atoms with Crippen LogP contribution in [0.3, 0.4) is 0 Å². The SMILES string of the molecule is Cc1ccc(C(=O)NCCc2ccc(Cl)cc2)cc1C. The molecular formula is C17H18ClNO. The predicted molar refractivity (Wildman–Crippen MR) is 83.4 cm³/mol. The van der Waals surface area contributed by atoms with Crippen molar-refractivity contribution in [3.05, 3.63) is 69.7 Å². The summed E-state index contributed by atoms with van der Waals surface area (Å²) in [4.78, 5) is 12.0. The molecule has 1 N–H and O–H groups in total. The molecule has 0 aliphatic rings. The second-order valence-corrected chi connectivity index (χ2v) is 5.37. The maximum atomic E-state index is 12.0. The van der Waals surface area contributed by atoms with Gasteiger partial charge in [0.05, 0.1) is 0 Å². The minimum Gasteiger partial charge on any atom is -0.352 e. The summed E-state index contributed by atoms with van der Waals surface area (Å²) in [7, 11) is 0. The van der Waals surface area contributed by atoms with Gasteiger partial charge in [-0.25, -0.2) is 0 Å². The highest BCUT2D eigenvalue weighted by atomic mass is 35.5. The van der Waals surface area contributed by atoms with Gasteiger partial charge in [0.2, 0.25) is 0 Å². The zero-order valence-corrected chi connectivity index (χ0v) is 12.5. The van der Waals surface area contributed by atoms with Gasteiger partial charge < -0.3 is 5.32 Å². The number of carbonyl (C=O) groups excluding carboxylic acids is 1. The van der Waals surface area contributed by atoms with Gasteiger partial charge in [0.1, 0.15) is 0 Å². The molecule has 0 bridgehead atoms. The van der Waals surface area contributed by atoms with Crippen molar-refractivity contribution in [1.82, 2.24) is 5.32 Å². The predicted octanol–water partition coefficient (Wildman–Crippen LogP) is 3.93. The number of hydrogen-bond donors (Lipinski definition) is 1. The molecule has 0 aliphatic carbocycles. The van der Waals surface area contributed by atoms with E-state index in [-0.39, 0.29) is 5.91 Å². The normalized spacial score (nSPS) is 10.3. The summed E-state index contributed by atoms with van der Waals surface area (Å²) in [6, 6.07) is 13.4. The molecule has 0 unspecified atom stereocenters. The monoisotopic (exact) mass is 287 g/mol. The molecule has 0 radical (unpaired) electrons. The lowest BCUT2D eigenvalue weighted by Crippen LogP contribution is -2.25. The zero-order chi connectivity index (χ0) is 14.5. The molecule has 0 saturated carbocycles. The summed E-state index contributed by atoms with van der Waals surface area (Å²) in [5.41, 5.74) is 4.21. The average Bonchev–Trinajstić information content (AvgIpc) is 2.44. The molecule has 3 heteroatoms. The first-order chi connectivity index (χ1) is 9.56. The zero-order valence-electron chi connectivity index (χ0n) is 11.7. The van der Waals surface area contributed by atoms with E-state index in [1.807, 2.05) is 56.3 Å². The standard InChI is InChI=1S/C17H18ClNO/c1-12-3-6-15(11-13(12)2)17(20)19-10-9-14-4-7-16(18)8-5-14/h3-8,11H,9-10H2,1-2H3,(H,19,20). The van der Waals surface area contributed by atoms with Crippen LogP contribution in [0.2, 0.25) is 5.02 Å². The van der Waals surface area contributed by atoms with Crippen molar-refractivity contribution < 1.29 is 4.79 Å². The van der Waals surface area contributed by atoms with Crippen molar-refractivity contribution in [2.24, 2.45) is 0 Å². The number of hydrogen-bond acceptors (Lipinski definition) is 1. The summed E-state index contributed by atoms with van der Waals surface area (Å²) in [6.07, 6.45) is 0.799. The highest BCUT2D eigenvalue weighted by molar-refractivity contribution is 6.30. The van der Waals surface area contributed by atoms with Crippen LogP contribution in [0.25, 0.3) is 0 Å². The largest absolute Gasteiger partial charge is 0.352 e. The van der Waals surface area contributed by atoms with E-state index in [1.54, 1.807) is 0 Å². The molecular weight excluding hydrogens is 270 g/mol. The second kappa shape index (κ2) is 6.58. The lowest BCUT2D eigenvalue weighted by molar-refractivity contribution is 0.0954. The van der Waals surface area contributed by atoms with Crippen LogP contribution in [-0.4, -0.2) is 12.5 Å². The number of carbonyl (C=O) groups is 1. The highest BCUT2D eigenvalue weighted by Gasteiger charge is 2.05. The van der Waals surface area contributed by atoms with Crippen LogP contribution in [0.4, 0.5) is 0 Å². The molecule has 2 nitrogen and oxygen atoms in total. The van der Waals surface area contributed by atoms with E-state index < -0.39 is 0 Å². The fourth-order valence-electron chi connectivity index (χ4n) is 1.96. The molecule has 0 aliphatic heterocycles. The summed E-state index contributed by atoms with van der Waals surface area (Å²) in [5, 5.41) is 3.67. The molecule has 1 amide bonds. The van der Waals surface area contributed by atoms with E-state index >= 15 is 0 Å². The molecule has 0 saturated heterocycles. The van der Waals surface area contributed by atoms with Gasteiger partial charge in [-0.15, -0.1) is 0 Å². The number of aryl methyl sites for hydroxylation is 2. The second-order valence-electron chi connectivity index (χ2n) is 4.93. The molecule has 0 fully saturated rings. The first kappa shape index (κ1) is 14.6. The Morgan fingerprint density at radius 1 is 1.05 bits per heavy atom. The van der Waals surface area contributed by atoms with Crippen LogP contribution in [0, 0.1) is 13.8 Å². The van der Waals surface area contributed by atoms with Crippen molar-refractivity contribution in [3.63, 3.8) is 0 Å². The first-order valence-corrected chi connectivity index (χ1v) is 7.04. The van der Waals surface area contributed by atoms with Crippen molar-refractivity contribution in [2.75, 3.05) is 6.54 Å². The molecule has 2 aromatic rings. The fraction of sp³-hybridized carbons (Fsp3) is 0.235. The van der Waals surface area contributed by atoms with Gasteiger partial charge in [-0.2, -0.15) is 0 Å². The summed E-state index contributed by atoms with van der Waals surface area (Å²) in [6.45, 7) is 4.67. The van der Waals surface area contributed by atoms with Gasteiger partial charge in [-0.1, -0.05) is 29.8 Å². The third kappa shape index (κ3) is 3.84. The number of nitrogens with one attached hydrogen (secondary N) is 1. The Morgan fingerprint density at radius 2 is 1.75 bits per heavy atom. The Labute approximate surface area is 124 Å². The topological polar surface area (TPSA) is 29.1 Å². The number of amides is 1. The Bertz CT molecular complexity index is 605. The van der Waals surface area contributed by atoms with E-state index in [0.717, 1.165) is 22.6 Å². The van der Waals surface area contributed by atoms with Crippen molar-refractivity contribution in [3.8, 4) is 0 Å². The number of halogens is 1. The summed E-state index contributed by atoms with van der Waals surface area (Å²) >= 11 is 5.83. The summed E-state index contributed by atoms with van der Waals surface area (Å²) in [5.74, 6) is -0.0259. The van der Waals surface area contributed by atoms with Crippen LogP contribution in [0.15, 0.2) is 42.5 Å². The molecule has 0 spiro atoms. The molecule has 104 valence electrons. The highest BCUT2D eigenvalue weighted by Crippen LogP contribution is 2.11. The number of benzene rings is 2. The molecule has 2 aromatic carbocycles. The Kier molecular flexibility index (Phi) is 4.80. The van der Waals surface area contributed by atoms with Crippen LogP contribution < -0.4 is 5.32 Å². The van der Waals surface area contributed by atoms with Gasteiger partial charge in [-0.3, -0.25) is 4.79 Å². The lowest BCUT2D eigenvalue weighted by atomic mass is 10.1. The van der Waals surface area contributed by atoms with Crippen LogP contribution >= 0.6 is 11.6 Å². The van der Waals surface area contributed by atoms with E-state index in [1.165, 1.54) is 5.56 Å². The smallest absolute Gasteiger partial charge is 0.251 e. The van der Waals surface area contributed by atoms with E-state index in [9.17, 15) is 4.79 Å². The van der Waals surface area contributed by atoms with Crippen LogP contribution in [0.5, 0.6) is 0 Å². The molecule has 2 rings (SSSR count). The Balaban J connectivity index is 1.88. The lowest BCUT2D eigenvalue weighted by Gasteiger charge is -2.07. The average molecular weight is 288 g/mol. The minimum absolute atomic E-state index is 0.0259. The fourth-order valence-corrected chi connectivity index (χ4v) is 2.08. The van der Waals surface area contributed by atoms with Crippen molar-refractivity contribution >= 4 is 17.5 Å². The minimum atomic E-state index is -0.0259. The third-order valence-corrected chi connectivity index (χ3v) is 3.63. The van der Waals surface area contributed by atoms with Gasteiger partial charge in [0, 0.05) is 17.1 Å². The Hall–Kier alpha value is -1.80. The summed E-state index contributed by atoms with van der Waals surface area (Å²) < 4.78 is 0. The van der Waals surface area contributed by atoms with E-state index in [2.05, 4.69) is 5.32 Å². The Morgan fingerprint density at radius 3 is 2.40 bits per heavy atom. The maximum Gasteiger partial charge on any atom is 0.251 e. The molecule has 0 heterocycles. The quantitative estimate of drug-likeness (QED) is 0.907. The third-order valence-electron chi connectivity index (χ3n) is 3.38. The maximum absolute atomic E-state index is 12.0. The van der Waals surface area contributed by atoms with E-state index in [4.69, 9.17) is 11.6 Å². The first-order valence-electron chi connectivity index (χ1n) is 6.66. The van der Waals surface area contributed by atoms with Crippen molar-refractivity contribution in [2.45, 2.75) is 20.3 Å². The van der Waals surface area contributed by atoms with E-state index in [0.29, 0.717) is 12.1 Å². The van der Waals surface area contributed by atoms with Crippen molar-refractivity contribution in [1.29, 1.82) is 0 Å². The van der Waals surface area contributed by atoms with Gasteiger partial charge in [0.25, 0.3) is 5.91 Å². The van der Waals surface area contributed by atoms with Gasteiger partial charge in [0.15, 0.2) is 0 Å². The number of rotatable bonds is 4.